The molecular formula is C25H35N3O3S. The van der Waals surface area contributed by atoms with Gasteiger partial charge >= 0.3 is 0 Å². The molecule has 2 aromatic carbocycles. The normalized spacial score (nSPS) is 16.8. The number of rotatable bonds is 7. The molecule has 1 unspecified atom stereocenters. The summed E-state index contributed by atoms with van der Waals surface area (Å²) in [5, 5.41) is 2.89. The number of anilines is 1. The van der Waals surface area contributed by atoms with E-state index in [1.54, 1.807) is 31.2 Å². The van der Waals surface area contributed by atoms with Crippen LogP contribution in [0.1, 0.15) is 55.1 Å². The first-order chi connectivity index (χ1) is 15.1. The number of piperidine rings is 1. The van der Waals surface area contributed by atoms with Crippen LogP contribution in [0.3, 0.4) is 0 Å². The van der Waals surface area contributed by atoms with E-state index in [0.29, 0.717) is 28.8 Å². The van der Waals surface area contributed by atoms with Gasteiger partial charge in [-0.2, -0.15) is 0 Å². The summed E-state index contributed by atoms with van der Waals surface area (Å²) in [5.41, 5.74) is 2.79. The highest BCUT2D eigenvalue weighted by molar-refractivity contribution is 7.89. The molecule has 2 aromatic rings. The highest BCUT2D eigenvalue weighted by Crippen LogP contribution is 2.25. The Balaban J connectivity index is 1.66. The van der Waals surface area contributed by atoms with E-state index >= 15 is 0 Å². The largest absolute Gasteiger partial charge is 0.322 e. The molecule has 7 heteroatoms. The Labute approximate surface area is 192 Å². The van der Waals surface area contributed by atoms with Crippen molar-refractivity contribution in [1.29, 1.82) is 0 Å². The Bertz CT molecular complexity index is 1060. The Morgan fingerprint density at radius 2 is 1.66 bits per heavy atom. The van der Waals surface area contributed by atoms with Crippen LogP contribution in [0.25, 0.3) is 0 Å². The number of hydrogen-bond acceptors (Lipinski definition) is 4. The third-order valence-electron chi connectivity index (χ3n) is 6.50. The molecule has 174 valence electrons. The fraction of sp³-hybridized carbons (Fsp3) is 0.480. The summed E-state index contributed by atoms with van der Waals surface area (Å²) in [5.74, 6) is 0.120. The standard InChI is InChI=1S/C25H35N3O3S/c1-17(2)28-14-12-21(13-15-28)20(5)27-32(30,31)22-10-11-24(19(4)16-22)26-25(29)23-9-7-6-8-18(23)3/h6-11,16-17,20-21,27H,12-15H2,1-5H3,(H,26,29). The van der Waals surface area contributed by atoms with Gasteiger partial charge in [0.15, 0.2) is 0 Å². The summed E-state index contributed by atoms with van der Waals surface area (Å²) in [6.45, 7) is 12.0. The molecule has 0 radical (unpaired) electrons. The quantitative estimate of drug-likeness (QED) is 0.648. The number of benzene rings is 2. The highest BCUT2D eigenvalue weighted by Gasteiger charge is 2.28. The molecule has 1 fully saturated rings. The van der Waals surface area contributed by atoms with E-state index in [4.69, 9.17) is 0 Å². The number of aryl methyl sites for hydroxylation is 2. The van der Waals surface area contributed by atoms with E-state index in [1.165, 1.54) is 0 Å². The third kappa shape index (κ3) is 5.77. The molecule has 0 saturated carbocycles. The molecule has 3 rings (SSSR count). The van der Waals surface area contributed by atoms with Gasteiger partial charge in [-0.05, 0) is 102 Å². The van der Waals surface area contributed by atoms with Crippen molar-refractivity contribution in [2.24, 2.45) is 5.92 Å². The van der Waals surface area contributed by atoms with Gasteiger partial charge in [0.1, 0.15) is 0 Å². The van der Waals surface area contributed by atoms with Crippen molar-refractivity contribution in [2.45, 2.75) is 64.4 Å². The minimum absolute atomic E-state index is 0.130. The maximum atomic E-state index is 13.0. The van der Waals surface area contributed by atoms with E-state index in [2.05, 4.69) is 28.8 Å². The fourth-order valence-electron chi connectivity index (χ4n) is 4.31. The van der Waals surface area contributed by atoms with Crippen LogP contribution >= 0.6 is 0 Å². The SMILES string of the molecule is Cc1cc(S(=O)(=O)NC(C)C2CCN(C(C)C)CC2)ccc1NC(=O)c1ccccc1C. The summed E-state index contributed by atoms with van der Waals surface area (Å²) in [4.78, 5) is 15.3. The molecule has 0 bridgehead atoms. The van der Waals surface area contributed by atoms with Crippen molar-refractivity contribution >= 4 is 21.6 Å². The van der Waals surface area contributed by atoms with Crippen LogP contribution in [-0.2, 0) is 10.0 Å². The first-order valence-electron chi connectivity index (χ1n) is 11.3. The van der Waals surface area contributed by atoms with Crippen LogP contribution in [0.15, 0.2) is 47.4 Å². The van der Waals surface area contributed by atoms with Gasteiger partial charge in [0.05, 0.1) is 4.90 Å². The van der Waals surface area contributed by atoms with E-state index in [0.717, 1.165) is 31.5 Å². The molecule has 0 aromatic heterocycles. The highest BCUT2D eigenvalue weighted by atomic mass is 32.2. The van der Waals surface area contributed by atoms with E-state index < -0.39 is 10.0 Å². The predicted molar refractivity (Wildman–Crippen MR) is 130 cm³/mol. The van der Waals surface area contributed by atoms with E-state index in [1.807, 2.05) is 32.0 Å². The average Bonchev–Trinajstić information content (AvgIpc) is 2.75. The second-order valence-electron chi connectivity index (χ2n) is 9.12. The summed E-state index contributed by atoms with van der Waals surface area (Å²) in [6, 6.07) is 12.6. The van der Waals surface area contributed by atoms with Gasteiger partial charge in [-0.1, -0.05) is 18.2 Å². The van der Waals surface area contributed by atoms with Gasteiger partial charge in [0.25, 0.3) is 5.91 Å². The zero-order valence-electron chi connectivity index (χ0n) is 19.7. The van der Waals surface area contributed by atoms with Crippen molar-refractivity contribution in [1.82, 2.24) is 9.62 Å². The Hall–Kier alpha value is -2.22. The lowest BCUT2D eigenvalue weighted by atomic mass is 9.90. The van der Waals surface area contributed by atoms with Gasteiger partial charge in [-0.15, -0.1) is 0 Å². The number of hydrogen-bond donors (Lipinski definition) is 2. The smallest absolute Gasteiger partial charge is 0.255 e. The summed E-state index contributed by atoms with van der Waals surface area (Å²) in [6.07, 6.45) is 1.98. The molecule has 1 saturated heterocycles. The molecule has 0 aliphatic carbocycles. The van der Waals surface area contributed by atoms with Gasteiger partial charge < -0.3 is 10.2 Å². The number of nitrogens with one attached hydrogen (secondary N) is 2. The number of carbonyl (C=O) groups is 1. The number of likely N-dealkylation sites (tertiary alicyclic amines) is 1. The van der Waals surface area contributed by atoms with Crippen molar-refractivity contribution in [2.75, 3.05) is 18.4 Å². The maximum absolute atomic E-state index is 13.0. The lowest BCUT2D eigenvalue weighted by Crippen LogP contribution is -2.45. The Morgan fingerprint density at radius 1 is 1.00 bits per heavy atom. The molecule has 1 aliphatic heterocycles. The zero-order chi connectivity index (χ0) is 23.5. The van der Waals surface area contributed by atoms with Crippen LogP contribution in [0.4, 0.5) is 5.69 Å². The molecular weight excluding hydrogens is 422 g/mol. The average molecular weight is 458 g/mol. The molecule has 0 spiro atoms. The fourth-order valence-corrected chi connectivity index (χ4v) is 5.70. The molecule has 2 N–H and O–H groups in total. The van der Waals surface area contributed by atoms with E-state index in [9.17, 15) is 13.2 Å². The van der Waals surface area contributed by atoms with Crippen molar-refractivity contribution < 1.29 is 13.2 Å². The van der Waals surface area contributed by atoms with Crippen LogP contribution < -0.4 is 10.0 Å². The molecule has 32 heavy (non-hydrogen) atoms. The molecule has 1 heterocycles. The Kier molecular flexibility index (Phi) is 7.75. The molecule has 6 nitrogen and oxygen atoms in total. The topological polar surface area (TPSA) is 78.5 Å². The Morgan fingerprint density at radius 3 is 2.25 bits per heavy atom. The van der Waals surface area contributed by atoms with Crippen LogP contribution in [0.2, 0.25) is 0 Å². The molecule has 1 aliphatic rings. The van der Waals surface area contributed by atoms with Crippen LogP contribution in [-0.4, -0.2) is 44.4 Å². The molecule has 1 atom stereocenters. The van der Waals surface area contributed by atoms with E-state index in [-0.39, 0.29) is 16.8 Å². The van der Waals surface area contributed by atoms with Crippen molar-refractivity contribution in [3.63, 3.8) is 0 Å². The molecule has 1 amide bonds. The number of carbonyl (C=O) groups excluding carboxylic acids is 1. The van der Waals surface area contributed by atoms with Crippen LogP contribution in [0, 0.1) is 19.8 Å². The zero-order valence-corrected chi connectivity index (χ0v) is 20.5. The minimum atomic E-state index is -3.64. The summed E-state index contributed by atoms with van der Waals surface area (Å²) in [7, 11) is -3.64. The monoisotopic (exact) mass is 457 g/mol. The maximum Gasteiger partial charge on any atom is 0.255 e. The second-order valence-corrected chi connectivity index (χ2v) is 10.8. The number of nitrogens with zero attached hydrogens (tertiary/aromatic N) is 1. The third-order valence-corrected chi connectivity index (χ3v) is 8.06. The number of amides is 1. The second kappa shape index (κ2) is 10.1. The number of sulfonamides is 1. The predicted octanol–water partition coefficient (Wildman–Crippen LogP) is 4.34. The lowest BCUT2D eigenvalue weighted by Gasteiger charge is -2.37. The minimum Gasteiger partial charge on any atom is -0.322 e. The van der Waals surface area contributed by atoms with Crippen molar-refractivity contribution in [3.8, 4) is 0 Å². The van der Waals surface area contributed by atoms with Gasteiger partial charge in [0, 0.05) is 23.3 Å². The van der Waals surface area contributed by atoms with Gasteiger partial charge in [-0.3, -0.25) is 4.79 Å². The van der Waals surface area contributed by atoms with Gasteiger partial charge in [-0.25, -0.2) is 13.1 Å². The first-order valence-corrected chi connectivity index (χ1v) is 12.8. The first kappa shape index (κ1) is 24.4. The summed E-state index contributed by atoms with van der Waals surface area (Å²) >= 11 is 0. The summed E-state index contributed by atoms with van der Waals surface area (Å²) < 4.78 is 28.9. The van der Waals surface area contributed by atoms with Crippen LogP contribution in [0.5, 0.6) is 0 Å². The van der Waals surface area contributed by atoms with Gasteiger partial charge in [0.2, 0.25) is 10.0 Å². The lowest BCUT2D eigenvalue weighted by molar-refractivity contribution is 0.102. The van der Waals surface area contributed by atoms with Crippen molar-refractivity contribution in [3.05, 3.63) is 59.2 Å².